The molecule has 0 aliphatic heterocycles. The van der Waals surface area contributed by atoms with E-state index in [1.165, 1.54) is 0 Å². The molecule has 0 saturated heterocycles. The Balaban J connectivity index is 2.30. The molecule has 1 aromatic rings. The van der Waals surface area contributed by atoms with Gasteiger partial charge in [0.05, 0.1) is 19.1 Å². The lowest BCUT2D eigenvalue weighted by atomic mass is 9.92. The van der Waals surface area contributed by atoms with Crippen LogP contribution in [-0.2, 0) is 24.5 Å². The number of rotatable bonds is 5. The highest BCUT2D eigenvalue weighted by Crippen LogP contribution is 2.55. The van der Waals surface area contributed by atoms with Crippen molar-refractivity contribution >= 4 is 11.9 Å². The maximum absolute atomic E-state index is 12.3. The topological polar surface area (TPSA) is 52.6 Å². The Morgan fingerprint density at radius 1 is 1.15 bits per heavy atom. The van der Waals surface area contributed by atoms with E-state index in [1.807, 2.05) is 31.2 Å². The molecule has 2 atom stereocenters. The molecule has 0 heterocycles. The number of benzene rings is 1. The minimum absolute atomic E-state index is 0.308. The Kier molecular flexibility index (Phi) is 4.12. The van der Waals surface area contributed by atoms with Gasteiger partial charge < -0.3 is 9.47 Å². The van der Waals surface area contributed by atoms with Gasteiger partial charge in [-0.15, -0.1) is 0 Å². The van der Waals surface area contributed by atoms with Crippen LogP contribution in [0.1, 0.15) is 31.4 Å². The third-order valence-corrected chi connectivity index (χ3v) is 3.74. The highest BCUT2D eigenvalue weighted by Gasteiger charge is 2.66. The van der Waals surface area contributed by atoms with Crippen LogP contribution in [0.4, 0.5) is 0 Å². The summed E-state index contributed by atoms with van der Waals surface area (Å²) in [6.45, 7) is 6.14. The molecule has 0 amide bonds. The van der Waals surface area contributed by atoms with Gasteiger partial charge in [0.25, 0.3) is 0 Å². The van der Waals surface area contributed by atoms with E-state index >= 15 is 0 Å². The van der Waals surface area contributed by atoms with E-state index in [9.17, 15) is 9.59 Å². The lowest BCUT2D eigenvalue weighted by Gasteiger charge is -2.16. The number of carbonyl (C=O) groups excluding carboxylic acids is 2. The van der Waals surface area contributed by atoms with Gasteiger partial charge in [0.15, 0.2) is 0 Å². The highest BCUT2D eigenvalue weighted by atomic mass is 16.5. The molecule has 4 nitrogen and oxygen atoms in total. The summed E-state index contributed by atoms with van der Waals surface area (Å²) in [5, 5.41) is 0. The minimum atomic E-state index is -0.851. The van der Waals surface area contributed by atoms with E-state index in [0.29, 0.717) is 19.6 Å². The second-order valence-corrected chi connectivity index (χ2v) is 5.07. The van der Waals surface area contributed by atoms with Gasteiger partial charge in [-0.1, -0.05) is 29.8 Å². The van der Waals surface area contributed by atoms with Crippen LogP contribution in [0.25, 0.3) is 0 Å². The van der Waals surface area contributed by atoms with Crippen molar-refractivity contribution in [3.63, 3.8) is 0 Å². The second-order valence-electron chi connectivity index (χ2n) is 5.07. The van der Waals surface area contributed by atoms with Crippen LogP contribution in [-0.4, -0.2) is 25.2 Å². The Hall–Kier alpha value is -1.84. The molecule has 1 aromatic carbocycles. The SMILES string of the molecule is CCOC(=O)[C@H]1C[C@]1(C(=O)OCC)c1ccc(C)cc1. The first-order valence-corrected chi connectivity index (χ1v) is 6.97. The number of carbonyl (C=O) groups is 2. The summed E-state index contributed by atoms with van der Waals surface area (Å²) < 4.78 is 10.2. The summed E-state index contributed by atoms with van der Waals surface area (Å²) in [5.74, 6) is -1.08. The Bertz CT molecular complexity index is 506. The number of hydrogen-bond donors (Lipinski definition) is 0. The van der Waals surface area contributed by atoms with Crippen molar-refractivity contribution in [2.45, 2.75) is 32.6 Å². The molecule has 1 saturated carbocycles. The van der Waals surface area contributed by atoms with Crippen LogP contribution in [0.3, 0.4) is 0 Å². The fraction of sp³-hybridized carbons (Fsp3) is 0.500. The second kappa shape index (κ2) is 5.65. The highest BCUT2D eigenvalue weighted by molar-refractivity contribution is 5.96. The molecule has 0 radical (unpaired) electrons. The van der Waals surface area contributed by atoms with Crippen LogP contribution >= 0.6 is 0 Å². The first-order valence-electron chi connectivity index (χ1n) is 6.97. The van der Waals surface area contributed by atoms with Crippen molar-refractivity contribution in [3.8, 4) is 0 Å². The van der Waals surface area contributed by atoms with Gasteiger partial charge in [-0.3, -0.25) is 9.59 Å². The summed E-state index contributed by atoms with van der Waals surface area (Å²) in [6, 6.07) is 7.67. The molecule has 108 valence electrons. The summed E-state index contributed by atoms with van der Waals surface area (Å²) in [5.41, 5.74) is 1.09. The largest absolute Gasteiger partial charge is 0.466 e. The Labute approximate surface area is 119 Å². The molecule has 0 N–H and O–H groups in total. The summed E-state index contributed by atoms with van der Waals surface area (Å²) in [7, 11) is 0. The zero-order valence-corrected chi connectivity index (χ0v) is 12.1. The summed E-state index contributed by atoms with van der Waals surface area (Å²) in [6.07, 6.45) is 0.466. The average molecular weight is 276 g/mol. The maximum atomic E-state index is 12.3. The molecule has 0 bridgehead atoms. The maximum Gasteiger partial charge on any atom is 0.317 e. The van der Waals surface area contributed by atoms with Crippen LogP contribution in [0.5, 0.6) is 0 Å². The summed E-state index contributed by atoms with van der Waals surface area (Å²) >= 11 is 0. The number of aryl methyl sites for hydroxylation is 1. The molecule has 2 rings (SSSR count). The fourth-order valence-electron chi connectivity index (χ4n) is 2.56. The third-order valence-electron chi connectivity index (χ3n) is 3.74. The van der Waals surface area contributed by atoms with Crippen LogP contribution < -0.4 is 0 Å². The van der Waals surface area contributed by atoms with Gasteiger partial charge in [0, 0.05) is 0 Å². The monoisotopic (exact) mass is 276 g/mol. The molecular weight excluding hydrogens is 256 g/mol. The Morgan fingerprint density at radius 3 is 2.30 bits per heavy atom. The van der Waals surface area contributed by atoms with Gasteiger partial charge in [0.2, 0.25) is 0 Å². The van der Waals surface area contributed by atoms with Gasteiger partial charge in [0.1, 0.15) is 5.41 Å². The zero-order chi connectivity index (χ0) is 14.8. The number of esters is 2. The van der Waals surface area contributed by atoms with E-state index in [0.717, 1.165) is 11.1 Å². The molecule has 1 aliphatic carbocycles. The molecule has 4 heteroatoms. The third kappa shape index (κ3) is 2.42. The van der Waals surface area contributed by atoms with Crippen molar-refractivity contribution < 1.29 is 19.1 Å². The molecule has 0 aromatic heterocycles. The minimum Gasteiger partial charge on any atom is -0.466 e. The normalized spacial score (nSPS) is 24.1. The van der Waals surface area contributed by atoms with Crippen molar-refractivity contribution in [2.24, 2.45) is 5.92 Å². The standard InChI is InChI=1S/C16H20O4/c1-4-19-14(17)13-10-16(13,15(18)20-5-2)12-8-6-11(3)7-9-12/h6-9,13H,4-5,10H2,1-3H3/t13-,16+/m1/s1. The zero-order valence-electron chi connectivity index (χ0n) is 12.1. The van der Waals surface area contributed by atoms with Crippen molar-refractivity contribution in [1.82, 2.24) is 0 Å². The number of hydrogen-bond acceptors (Lipinski definition) is 4. The van der Waals surface area contributed by atoms with Crippen molar-refractivity contribution in [2.75, 3.05) is 13.2 Å². The van der Waals surface area contributed by atoms with Gasteiger partial charge in [-0.2, -0.15) is 0 Å². The van der Waals surface area contributed by atoms with Gasteiger partial charge >= 0.3 is 11.9 Å². The Morgan fingerprint density at radius 2 is 1.75 bits per heavy atom. The van der Waals surface area contributed by atoms with Crippen molar-refractivity contribution in [3.05, 3.63) is 35.4 Å². The van der Waals surface area contributed by atoms with E-state index in [2.05, 4.69) is 0 Å². The smallest absolute Gasteiger partial charge is 0.317 e. The van der Waals surface area contributed by atoms with Gasteiger partial charge in [-0.25, -0.2) is 0 Å². The fourth-order valence-corrected chi connectivity index (χ4v) is 2.56. The quantitative estimate of drug-likeness (QED) is 0.775. The van der Waals surface area contributed by atoms with E-state index in [4.69, 9.17) is 9.47 Å². The molecule has 20 heavy (non-hydrogen) atoms. The van der Waals surface area contributed by atoms with E-state index in [1.54, 1.807) is 13.8 Å². The number of ether oxygens (including phenoxy) is 2. The van der Waals surface area contributed by atoms with Crippen LogP contribution in [0, 0.1) is 12.8 Å². The molecule has 0 spiro atoms. The first-order chi connectivity index (χ1) is 9.56. The lowest BCUT2D eigenvalue weighted by Crippen LogP contribution is -2.28. The lowest BCUT2D eigenvalue weighted by molar-refractivity contribution is -0.152. The molecule has 0 unspecified atom stereocenters. The first kappa shape index (κ1) is 14.6. The van der Waals surface area contributed by atoms with Crippen LogP contribution in [0.2, 0.25) is 0 Å². The molecule has 1 fully saturated rings. The van der Waals surface area contributed by atoms with E-state index in [-0.39, 0.29) is 11.9 Å². The predicted molar refractivity (Wildman–Crippen MR) is 74.2 cm³/mol. The van der Waals surface area contributed by atoms with Crippen LogP contribution in [0.15, 0.2) is 24.3 Å². The molecular formula is C16H20O4. The summed E-state index contributed by atoms with van der Waals surface area (Å²) in [4.78, 5) is 24.2. The predicted octanol–water partition coefficient (Wildman–Crippen LogP) is 2.38. The van der Waals surface area contributed by atoms with Crippen molar-refractivity contribution in [1.29, 1.82) is 0 Å². The van der Waals surface area contributed by atoms with E-state index < -0.39 is 11.3 Å². The van der Waals surface area contributed by atoms with Gasteiger partial charge in [-0.05, 0) is 32.8 Å². The molecule has 1 aliphatic rings. The average Bonchev–Trinajstić information content (AvgIpc) is 3.17.